The molecule has 1 atom stereocenters. The summed E-state index contributed by atoms with van der Waals surface area (Å²) in [6.45, 7) is 6.87. The predicted octanol–water partition coefficient (Wildman–Crippen LogP) is 2.83. The van der Waals surface area contributed by atoms with E-state index >= 15 is 0 Å². The predicted molar refractivity (Wildman–Crippen MR) is 108 cm³/mol. The lowest BCUT2D eigenvalue weighted by Crippen LogP contribution is -2.38. The second-order valence-electron chi connectivity index (χ2n) is 7.24. The first kappa shape index (κ1) is 18.5. The Morgan fingerprint density at radius 1 is 1.29 bits per heavy atom. The fourth-order valence-electron chi connectivity index (χ4n) is 3.90. The highest BCUT2D eigenvalue weighted by molar-refractivity contribution is 5.93. The van der Waals surface area contributed by atoms with Crippen LogP contribution in [0.3, 0.4) is 0 Å². The molecule has 28 heavy (non-hydrogen) atoms. The summed E-state index contributed by atoms with van der Waals surface area (Å²) in [5, 5.41) is 13.3. The van der Waals surface area contributed by atoms with Crippen LogP contribution >= 0.6 is 0 Å². The summed E-state index contributed by atoms with van der Waals surface area (Å²) in [5.74, 6) is 0.879. The molecule has 1 fully saturated rings. The van der Waals surface area contributed by atoms with Crippen molar-refractivity contribution in [2.45, 2.75) is 25.9 Å². The number of amides is 1. The van der Waals surface area contributed by atoms with Gasteiger partial charge in [-0.15, -0.1) is 0 Å². The van der Waals surface area contributed by atoms with E-state index in [9.17, 15) is 9.90 Å². The van der Waals surface area contributed by atoms with E-state index in [2.05, 4.69) is 16.4 Å². The third-order valence-corrected chi connectivity index (χ3v) is 5.47. The zero-order valence-corrected chi connectivity index (χ0v) is 16.2. The number of nitrogens with zero attached hydrogens (tertiary/aromatic N) is 2. The van der Waals surface area contributed by atoms with Gasteiger partial charge in [0, 0.05) is 43.4 Å². The molecule has 0 aliphatic carbocycles. The highest BCUT2D eigenvalue weighted by Gasteiger charge is 2.38. The molecule has 0 radical (unpaired) electrons. The minimum absolute atomic E-state index is 0.0629. The molecule has 1 saturated heterocycles. The molecule has 1 unspecified atom stereocenters. The Bertz CT molecular complexity index is 911. The van der Waals surface area contributed by atoms with Gasteiger partial charge < -0.3 is 20.1 Å². The van der Waals surface area contributed by atoms with Crippen molar-refractivity contribution in [2.75, 3.05) is 26.2 Å². The van der Waals surface area contributed by atoms with E-state index in [0.29, 0.717) is 18.8 Å². The number of pyridine rings is 1. The van der Waals surface area contributed by atoms with Crippen molar-refractivity contribution in [1.29, 1.82) is 0 Å². The first-order valence-electron chi connectivity index (χ1n) is 9.77. The number of fused-ring (bicyclic) bond motifs is 1. The minimum atomic E-state index is -0.394. The molecule has 1 amide bonds. The Balaban J connectivity index is 1.73. The number of rotatable bonds is 4. The van der Waals surface area contributed by atoms with Gasteiger partial charge in [0.15, 0.2) is 0 Å². The van der Waals surface area contributed by atoms with Gasteiger partial charge >= 0.3 is 0 Å². The van der Waals surface area contributed by atoms with Crippen LogP contribution in [-0.2, 0) is 0 Å². The van der Waals surface area contributed by atoms with Crippen molar-refractivity contribution in [3.63, 3.8) is 0 Å². The van der Waals surface area contributed by atoms with Gasteiger partial charge in [-0.2, -0.15) is 0 Å². The molecule has 2 aliphatic heterocycles. The number of hydrogen-bond donors (Lipinski definition) is 2. The summed E-state index contributed by atoms with van der Waals surface area (Å²) in [4.78, 5) is 18.7. The monoisotopic (exact) mass is 379 g/mol. The molecule has 2 N–H and O–H groups in total. The van der Waals surface area contributed by atoms with Crippen molar-refractivity contribution >= 4 is 11.5 Å². The fraction of sp³-hybridized carbons (Fsp3) is 0.364. The van der Waals surface area contributed by atoms with Crippen molar-refractivity contribution in [3.05, 3.63) is 59.4 Å². The van der Waals surface area contributed by atoms with Crippen molar-refractivity contribution < 1.29 is 14.6 Å². The van der Waals surface area contributed by atoms with Gasteiger partial charge in [0.2, 0.25) is 0 Å². The summed E-state index contributed by atoms with van der Waals surface area (Å²) >= 11 is 0. The van der Waals surface area contributed by atoms with Crippen LogP contribution in [0.2, 0.25) is 0 Å². The molecule has 1 aromatic heterocycles. The number of benzene rings is 1. The van der Waals surface area contributed by atoms with E-state index in [0.717, 1.165) is 42.0 Å². The Hall–Kier alpha value is -2.86. The number of nitrogens with one attached hydrogen (secondary N) is 1. The SMILES string of the molecule is CCN(CC)C(=O)c1ccc(C2=CC3(CCNC3)Oc3ccc(O)cc32)cn1. The third-order valence-electron chi connectivity index (χ3n) is 5.47. The largest absolute Gasteiger partial charge is 0.508 e. The molecule has 6 heteroatoms. The van der Waals surface area contributed by atoms with Gasteiger partial charge in [0.25, 0.3) is 5.91 Å². The van der Waals surface area contributed by atoms with Crippen molar-refractivity contribution in [3.8, 4) is 11.5 Å². The summed E-state index contributed by atoms with van der Waals surface area (Å²) in [5.41, 5.74) is 2.75. The number of carbonyl (C=O) groups excluding carboxylic acids is 1. The maximum absolute atomic E-state index is 12.5. The van der Waals surface area contributed by atoms with E-state index in [-0.39, 0.29) is 11.7 Å². The van der Waals surface area contributed by atoms with E-state index in [1.807, 2.05) is 26.0 Å². The molecule has 3 heterocycles. The molecule has 4 rings (SSSR count). The minimum Gasteiger partial charge on any atom is -0.508 e. The smallest absolute Gasteiger partial charge is 0.272 e. The van der Waals surface area contributed by atoms with Crippen LogP contribution in [0.5, 0.6) is 11.5 Å². The van der Waals surface area contributed by atoms with Crippen molar-refractivity contribution in [1.82, 2.24) is 15.2 Å². The quantitative estimate of drug-likeness (QED) is 0.855. The van der Waals surface area contributed by atoms with Gasteiger partial charge in [0.1, 0.15) is 22.8 Å². The van der Waals surface area contributed by atoms with Crippen LogP contribution in [0.25, 0.3) is 5.57 Å². The number of carbonyl (C=O) groups is 1. The van der Waals surface area contributed by atoms with Crippen molar-refractivity contribution in [2.24, 2.45) is 0 Å². The van der Waals surface area contributed by atoms with E-state index in [1.165, 1.54) is 0 Å². The number of ether oxygens (including phenoxy) is 1. The Kier molecular flexibility index (Phi) is 4.81. The first-order valence-corrected chi connectivity index (χ1v) is 9.77. The zero-order chi connectivity index (χ0) is 19.7. The fourth-order valence-corrected chi connectivity index (χ4v) is 3.90. The molecule has 1 aromatic carbocycles. The average Bonchev–Trinajstić information content (AvgIpc) is 3.16. The summed E-state index contributed by atoms with van der Waals surface area (Å²) in [6.07, 6.45) is 4.73. The first-order chi connectivity index (χ1) is 13.5. The van der Waals surface area contributed by atoms with E-state index in [1.54, 1.807) is 29.3 Å². The second kappa shape index (κ2) is 7.28. The molecular formula is C22H25N3O3. The number of phenolic OH excluding ortho intramolecular Hbond substituents is 1. The standard InChI is InChI=1S/C22H25N3O3/c1-3-25(4-2)21(27)19-7-5-15(13-24-19)18-12-22(9-10-23-14-22)28-20-8-6-16(26)11-17(18)20/h5-8,11-13,23,26H,3-4,9-10,14H2,1-2H3. The Labute approximate surface area is 164 Å². The van der Waals surface area contributed by atoms with Crippen LogP contribution in [0.1, 0.15) is 41.9 Å². The molecule has 2 aromatic rings. The van der Waals surface area contributed by atoms with Crippen LogP contribution < -0.4 is 10.1 Å². The Morgan fingerprint density at radius 2 is 2.11 bits per heavy atom. The van der Waals surface area contributed by atoms with Gasteiger partial charge in [-0.3, -0.25) is 9.78 Å². The zero-order valence-electron chi connectivity index (χ0n) is 16.2. The normalized spacial score (nSPS) is 20.4. The highest BCUT2D eigenvalue weighted by Crippen LogP contribution is 2.42. The van der Waals surface area contributed by atoms with Crippen LogP contribution in [0, 0.1) is 0 Å². The van der Waals surface area contributed by atoms with Crippen LogP contribution in [-0.4, -0.2) is 52.7 Å². The molecule has 1 spiro atoms. The molecule has 2 aliphatic rings. The molecule has 146 valence electrons. The summed E-state index contributed by atoms with van der Waals surface area (Å²) in [7, 11) is 0. The molecule has 0 bridgehead atoms. The lowest BCUT2D eigenvalue weighted by Gasteiger charge is -2.33. The number of aromatic hydroxyl groups is 1. The molecule has 6 nitrogen and oxygen atoms in total. The second-order valence-corrected chi connectivity index (χ2v) is 7.24. The van der Waals surface area contributed by atoms with E-state index < -0.39 is 5.60 Å². The van der Waals surface area contributed by atoms with Gasteiger partial charge in [-0.1, -0.05) is 6.07 Å². The number of phenols is 1. The molecular weight excluding hydrogens is 354 g/mol. The Morgan fingerprint density at radius 3 is 2.75 bits per heavy atom. The average molecular weight is 379 g/mol. The molecule has 0 saturated carbocycles. The van der Waals surface area contributed by atoms with Crippen LogP contribution in [0.15, 0.2) is 42.6 Å². The third kappa shape index (κ3) is 3.24. The lowest BCUT2D eigenvalue weighted by molar-refractivity contribution is 0.0767. The van der Waals surface area contributed by atoms with E-state index in [4.69, 9.17) is 4.74 Å². The van der Waals surface area contributed by atoms with Gasteiger partial charge in [-0.05, 0) is 56.3 Å². The maximum Gasteiger partial charge on any atom is 0.272 e. The summed E-state index contributed by atoms with van der Waals surface area (Å²) in [6, 6.07) is 8.86. The maximum atomic E-state index is 12.5. The van der Waals surface area contributed by atoms with Crippen LogP contribution in [0.4, 0.5) is 0 Å². The van der Waals surface area contributed by atoms with Gasteiger partial charge in [-0.25, -0.2) is 0 Å². The topological polar surface area (TPSA) is 74.7 Å². The number of hydrogen-bond acceptors (Lipinski definition) is 5. The highest BCUT2D eigenvalue weighted by atomic mass is 16.5. The van der Waals surface area contributed by atoms with Gasteiger partial charge in [0.05, 0.1) is 0 Å². The number of aromatic nitrogens is 1. The lowest BCUT2D eigenvalue weighted by atomic mass is 9.88. The summed E-state index contributed by atoms with van der Waals surface area (Å²) < 4.78 is 6.28.